The lowest BCUT2D eigenvalue weighted by molar-refractivity contribution is -0.123. The van der Waals surface area contributed by atoms with Gasteiger partial charge in [0.05, 0.1) is 12.1 Å². The number of rotatable bonds is 4. The van der Waals surface area contributed by atoms with Crippen molar-refractivity contribution in [3.05, 3.63) is 34.1 Å². The molecule has 1 aliphatic heterocycles. The first kappa shape index (κ1) is 17.9. The monoisotopic (exact) mass is 385 g/mol. The van der Waals surface area contributed by atoms with Gasteiger partial charge >= 0.3 is 0 Å². The van der Waals surface area contributed by atoms with E-state index in [1.807, 2.05) is 18.7 Å². The molecular weight excluding hydrogens is 365 g/mol. The fraction of sp³-hybridized carbons (Fsp3) is 0.500. The maximum absolute atomic E-state index is 13.1. The average Bonchev–Trinajstić information content (AvgIpc) is 2.46. The van der Waals surface area contributed by atoms with Crippen LogP contribution in [0, 0.1) is 5.82 Å². The highest BCUT2D eigenvalue weighted by Crippen LogP contribution is 2.20. The Labute approximate surface area is 144 Å². The van der Waals surface area contributed by atoms with Crippen molar-refractivity contribution in [3.8, 4) is 0 Å². The molecule has 0 radical (unpaired) electrons. The molecule has 7 heteroatoms. The van der Waals surface area contributed by atoms with Crippen LogP contribution >= 0.6 is 15.9 Å². The number of carbonyl (C=O) groups is 2. The topological polar surface area (TPSA) is 52.7 Å². The number of piperazine rings is 1. The van der Waals surface area contributed by atoms with Crippen LogP contribution in [-0.4, -0.2) is 60.4 Å². The molecule has 0 unspecified atom stereocenters. The molecule has 1 aromatic carbocycles. The number of amides is 2. The fourth-order valence-corrected chi connectivity index (χ4v) is 3.03. The summed E-state index contributed by atoms with van der Waals surface area (Å²) in [4.78, 5) is 28.0. The summed E-state index contributed by atoms with van der Waals surface area (Å²) in [5.41, 5.74) is 0.456. The third-order valence-electron chi connectivity index (χ3n) is 3.64. The first-order valence-corrected chi connectivity index (χ1v) is 8.42. The lowest BCUT2D eigenvalue weighted by atomic mass is 10.1. The van der Waals surface area contributed by atoms with E-state index in [0.29, 0.717) is 42.8 Å². The van der Waals surface area contributed by atoms with Crippen molar-refractivity contribution in [1.82, 2.24) is 15.1 Å². The normalized spacial score (nSPS) is 15.8. The van der Waals surface area contributed by atoms with Crippen LogP contribution in [0.3, 0.4) is 0 Å². The summed E-state index contributed by atoms with van der Waals surface area (Å²) in [6, 6.07) is 4.19. The molecule has 1 aromatic rings. The van der Waals surface area contributed by atoms with E-state index < -0.39 is 0 Å². The quantitative estimate of drug-likeness (QED) is 0.860. The summed E-state index contributed by atoms with van der Waals surface area (Å²) in [7, 11) is 0. The summed E-state index contributed by atoms with van der Waals surface area (Å²) in [6.45, 7) is 6.60. The largest absolute Gasteiger partial charge is 0.353 e. The standard InChI is InChI=1S/C16H21BrFN3O2/c1-11(2)19-15(22)10-20-5-7-21(8-6-20)16(23)13-4-3-12(18)9-14(13)17/h3-4,9,11H,5-8,10H2,1-2H3,(H,19,22). The smallest absolute Gasteiger partial charge is 0.255 e. The lowest BCUT2D eigenvalue weighted by Crippen LogP contribution is -2.51. The van der Waals surface area contributed by atoms with Crippen LogP contribution in [0.5, 0.6) is 0 Å². The Hall–Kier alpha value is -1.47. The highest BCUT2D eigenvalue weighted by molar-refractivity contribution is 9.10. The number of benzene rings is 1. The van der Waals surface area contributed by atoms with E-state index in [2.05, 4.69) is 21.2 Å². The first-order chi connectivity index (χ1) is 10.9. The van der Waals surface area contributed by atoms with Crippen LogP contribution in [0.25, 0.3) is 0 Å². The van der Waals surface area contributed by atoms with Crippen molar-refractivity contribution in [2.45, 2.75) is 19.9 Å². The van der Waals surface area contributed by atoms with Crippen LogP contribution < -0.4 is 5.32 Å². The molecule has 0 saturated carbocycles. The molecule has 0 aromatic heterocycles. The molecule has 0 spiro atoms. The van der Waals surface area contributed by atoms with Gasteiger partial charge in [-0.05, 0) is 48.0 Å². The van der Waals surface area contributed by atoms with Crippen molar-refractivity contribution < 1.29 is 14.0 Å². The van der Waals surface area contributed by atoms with Crippen LogP contribution in [0.2, 0.25) is 0 Å². The van der Waals surface area contributed by atoms with Gasteiger partial charge in [0.1, 0.15) is 5.82 Å². The Morgan fingerprint density at radius 1 is 1.26 bits per heavy atom. The predicted molar refractivity (Wildman–Crippen MR) is 89.7 cm³/mol. The Morgan fingerprint density at radius 2 is 1.91 bits per heavy atom. The second-order valence-electron chi connectivity index (χ2n) is 5.91. The molecule has 0 aliphatic carbocycles. The van der Waals surface area contributed by atoms with Gasteiger partial charge in [-0.25, -0.2) is 4.39 Å². The molecule has 126 valence electrons. The fourth-order valence-electron chi connectivity index (χ4n) is 2.51. The Balaban J connectivity index is 1.89. The zero-order chi connectivity index (χ0) is 17.0. The second kappa shape index (κ2) is 7.88. The van der Waals surface area contributed by atoms with E-state index >= 15 is 0 Å². The molecule has 1 heterocycles. The number of nitrogens with one attached hydrogen (secondary N) is 1. The maximum Gasteiger partial charge on any atom is 0.255 e. The minimum Gasteiger partial charge on any atom is -0.353 e. The van der Waals surface area contributed by atoms with Gasteiger partial charge in [0.15, 0.2) is 0 Å². The Morgan fingerprint density at radius 3 is 2.48 bits per heavy atom. The minimum absolute atomic E-state index is 0.000977. The van der Waals surface area contributed by atoms with E-state index in [-0.39, 0.29) is 23.7 Å². The summed E-state index contributed by atoms with van der Waals surface area (Å²) in [6.07, 6.45) is 0. The van der Waals surface area contributed by atoms with Crippen LogP contribution in [0.4, 0.5) is 4.39 Å². The summed E-state index contributed by atoms with van der Waals surface area (Å²) < 4.78 is 13.6. The van der Waals surface area contributed by atoms with Crippen molar-refractivity contribution >= 4 is 27.7 Å². The minimum atomic E-state index is -0.380. The molecule has 0 bridgehead atoms. The summed E-state index contributed by atoms with van der Waals surface area (Å²) in [5, 5.41) is 2.86. The number of nitrogens with zero attached hydrogens (tertiary/aromatic N) is 2. The molecule has 2 amide bonds. The molecule has 5 nitrogen and oxygen atoms in total. The van der Waals surface area contributed by atoms with Crippen molar-refractivity contribution in [1.29, 1.82) is 0 Å². The molecule has 1 fully saturated rings. The maximum atomic E-state index is 13.1. The van der Waals surface area contributed by atoms with Gasteiger partial charge < -0.3 is 10.2 Å². The predicted octanol–water partition coefficient (Wildman–Crippen LogP) is 1.87. The van der Waals surface area contributed by atoms with Gasteiger partial charge in [-0.15, -0.1) is 0 Å². The van der Waals surface area contributed by atoms with Crippen molar-refractivity contribution in [3.63, 3.8) is 0 Å². The second-order valence-corrected chi connectivity index (χ2v) is 6.77. The van der Waals surface area contributed by atoms with Crippen molar-refractivity contribution in [2.24, 2.45) is 0 Å². The molecule has 2 rings (SSSR count). The number of hydrogen-bond acceptors (Lipinski definition) is 3. The molecule has 1 aliphatic rings. The van der Waals surface area contributed by atoms with E-state index in [1.54, 1.807) is 4.90 Å². The number of hydrogen-bond donors (Lipinski definition) is 1. The van der Waals surface area contributed by atoms with Crippen LogP contribution in [-0.2, 0) is 4.79 Å². The highest BCUT2D eigenvalue weighted by Gasteiger charge is 2.24. The molecule has 0 atom stereocenters. The van der Waals surface area contributed by atoms with Crippen molar-refractivity contribution in [2.75, 3.05) is 32.7 Å². The average molecular weight is 386 g/mol. The third kappa shape index (κ3) is 5.00. The van der Waals surface area contributed by atoms with Gasteiger partial charge in [0, 0.05) is 36.7 Å². The van der Waals surface area contributed by atoms with E-state index in [0.717, 1.165) is 0 Å². The lowest BCUT2D eigenvalue weighted by Gasteiger charge is -2.34. The van der Waals surface area contributed by atoms with E-state index in [9.17, 15) is 14.0 Å². The SMILES string of the molecule is CC(C)NC(=O)CN1CCN(C(=O)c2ccc(F)cc2Br)CC1. The first-order valence-electron chi connectivity index (χ1n) is 7.63. The molecule has 1 saturated heterocycles. The van der Waals surface area contributed by atoms with Gasteiger partial charge in [0.2, 0.25) is 5.91 Å². The summed E-state index contributed by atoms with van der Waals surface area (Å²) in [5.74, 6) is -0.501. The zero-order valence-corrected chi connectivity index (χ0v) is 14.9. The van der Waals surface area contributed by atoms with Gasteiger partial charge in [-0.3, -0.25) is 14.5 Å². The van der Waals surface area contributed by atoms with Gasteiger partial charge in [-0.1, -0.05) is 0 Å². The Kier molecular flexibility index (Phi) is 6.12. The Bertz CT molecular complexity index is 587. The molecule has 1 N–H and O–H groups in total. The number of halogens is 2. The highest BCUT2D eigenvalue weighted by atomic mass is 79.9. The molecular formula is C16H21BrFN3O2. The summed E-state index contributed by atoms with van der Waals surface area (Å²) >= 11 is 3.23. The van der Waals surface area contributed by atoms with Gasteiger partial charge in [0.25, 0.3) is 5.91 Å². The van der Waals surface area contributed by atoms with E-state index in [1.165, 1.54) is 18.2 Å². The van der Waals surface area contributed by atoms with Crippen LogP contribution in [0.15, 0.2) is 22.7 Å². The van der Waals surface area contributed by atoms with E-state index in [4.69, 9.17) is 0 Å². The molecule has 23 heavy (non-hydrogen) atoms. The third-order valence-corrected chi connectivity index (χ3v) is 4.29. The van der Waals surface area contributed by atoms with Gasteiger partial charge in [-0.2, -0.15) is 0 Å². The van der Waals surface area contributed by atoms with Crippen LogP contribution in [0.1, 0.15) is 24.2 Å². The zero-order valence-electron chi connectivity index (χ0n) is 13.3. The number of carbonyl (C=O) groups excluding carboxylic acids is 2.